The number of hydrogen-bond acceptors (Lipinski definition) is 1. The maximum atomic E-state index is 12.6. The highest BCUT2D eigenvalue weighted by Crippen LogP contribution is 2.17. The molecule has 0 aliphatic rings. The second-order valence-electron chi connectivity index (χ2n) is 6.82. The Bertz CT molecular complexity index is 918. The molecule has 0 aliphatic carbocycles. The first-order chi connectivity index (χ1) is 10.9. The van der Waals surface area contributed by atoms with Crippen LogP contribution in [0.25, 0.3) is 22.9 Å². The molecule has 116 valence electrons. The molecule has 0 spiro atoms. The lowest BCUT2D eigenvalue weighted by Crippen LogP contribution is -2.42. The Morgan fingerprint density at radius 2 is 1.65 bits per heavy atom. The lowest BCUT2D eigenvalue weighted by Gasteiger charge is -2.17. The fourth-order valence-electron chi connectivity index (χ4n) is 2.64. The molecule has 0 aliphatic heterocycles. The van der Waals surface area contributed by atoms with Gasteiger partial charge in [0.05, 0.1) is 13.5 Å². The second kappa shape index (κ2) is 6.01. The minimum Gasteiger partial charge on any atom is -0.330 e. The third-order valence-corrected chi connectivity index (χ3v) is 5.85. The average Bonchev–Trinajstić information content (AvgIpc) is 2.52. The van der Waals surface area contributed by atoms with E-state index < -0.39 is 8.07 Å². The molecule has 0 atom stereocenters. The van der Waals surface area contributed by atoms with Gasteiger partial charge in [-0.15, -0.1) is 0 Å². The van der Waals surface area contributed by atoms with Crippen molar-refractivity contribution in [1.82, 2.24) is 4.98 Å². The van der Waals surface area contributed by atoms with Crippen LogP contribution in [-0.2, 0) is 0 Å². The van der Waals surface area contributed by atoms with Gasteiger partial charge in [0.15, 0.2) is 0 Å². The van der Waals surface area contributed by atoms with E-state index in [1.807, 2.05) is 48.6 Å². The van der Waals surface area contributed by atoms with E-state index in [2.05, 4.69) is 42.8 Å². The molecule has 0 bridgehead atoms. The van der Waals surface area contributed by atoms with Gasteiger partial charge in [0.1, 0.15) is 0 Å². The molecular formula is C20H21NOSi. The number of hydrogen-bond donors (Lipinski definition) is 1. The lowest BCUT2D eigenvalue weighted by atomic mass is 10.1. The van der Waals surface area contributed by atoms with Crippen molar-refractivity contribution < 1.29 is 0 Å². The van der Waals surface area contributed by atoms with E-state index in [1.54, 1.807) is 0 Å². The number of benzene rings is 2. The SMILES string of the molecule is C[Si](C)(C)c1cc2cccc(/C=C/c3ccccc3)c2c(=O)[nH]1. The molecule has 0 saturated carbocycles. The lowest BCUT2D eigenvalue weighted by molar-refractivity contribution is 1.30. The zero-order valence-electron chi connectivity index (χ0n) is 13.8. The first-order valence-corrected chi connectivity index (χ1v) is 11.3. The largest absolute Gasteiger partial charge is 0.330 e. The quantitative estimate of drug-likeness (QED) is 0.568. The van der Waals surface area contributed by atoms with Crippen molar-refractivity contribution in [2.24, 2.45) is 0 Å². The average molecular weight is 319 g/mol. The summed E-state index contributed by atoms with van der Waals surface area (Å²) < 4.78 is 0. The molecule has 23 heavy (non-hydrogen) atoms. The smallest absolute Gasteiger partial charge is 0.256 e. The first kappa shape index (κ1) is 15.5. The van der Waals surface area contributed by atoms with E-state index in [0.29, 0.717) is 0 Å². The number of aromatic nitrogens is 1. The van der Waals surface area contributed by atoms with Crippen molar-refractivity contribution >= 4 is 36.3 Å². The van der Waals surface area contributed by atoms with Crippen molar-refractivity contribution in [3.63, 3.8) is 0 Å². The van der Waals surface area contributed by atoms with E-state index in [1.165, 1.54) is 0 Å². The Morgan fingerprint density at radius 3 is 2.35 bits per heavy atom. The monoisotopic (exact) mass is 319 g/mol. The maximum Gasteiger partial charge on any atom is 0.256 e. The highest BCUT2D eigenvalue weighted by Gasteiger charge is 2.19. The van der Waals surface area contributed by atoms with Crippen LogP contribution in [0.5, 0.6) is 0 Å². The molecule has 2 aromatic carbocycles. The van der Waals surface area contributed by atoms with Gasteiger partial charge in [-0.2, -0.15) is 0 Å². The Morgan fingerprint density at radius 1 is 0.913 bits per heavy atom. The minimum absolute atomic E-state index is 0.00763. The number of rotatable bonds is 3. The van der Waals surface area contributed by atoms with Gasteiger partial charge in [-0.3, -0.25) is 4.79 Å². The number of H-pyrrole nitrogens is 1. The summed E-state index contributed by atoms with van der Waals surface area (Å²) in [6.45, 7) is 6.72. The van der Waals surface area contributed by atoms with Crippen LogP contribution in [0.1, 0.15) is 11.1 Å². The van der Waals surface area contributed by atoms with Crippen LogP contribution >= 0.6 is 0 Å². The third-order valence-electron chi connectivity index (χ3n) is 3.97. The summed E-state index contributed by atoms with van der Waals surface area (Å²) in [5.41, 5.74) is 2.09. The van der Waals surface area contributed by atoms with Gasteiger partial charge in [-0.25, -0.2) is 0 Å². The molecule has 3 aromatic rings. The Hall–Kier alpha value is -2.39. The fraction of sp³-hybridized carbons (Fsp3) is 0.150. The zero-order valence-corrected chi connectivity index (χ0v) is 14.8. The summed E-state index contributed by atoms with van der Waals surface area (Å²) in [5, 5.41) is 2.88. The summed E-state index contributed by atoms with van der Waals surface area (Å²) in [6, 6.07) is 18.3. The van der Waals surface area contributed by atoms with Crippen LogP contribution in [0.2, 0.25) is 19.6 Å². The summed E-state index contributed by atoms with van der Waals surface area (Å²) >= 11 is 0. The van der Waals surface area contributed by atoms with Gasteiger partial charge < -0.3 is 4.98 Å². The summed E-state index contributed by atoms with van der Waals surface area (Å²) in [7, 11) is -1.54. The van der Waals surface area contributed by atoms with Crippen molar-refractivity contribution in [2.75, 3.05) is 0 Å². The second-order valence-corrected chi connectivity index (χ2v) is 11.9. The molecule has 0 saturated heterocycles. The topological polar surface area (TPSA) is 32.9 Å². The highest BCUT2D eigenvalue weighted by molar-refractivity contribution is 6.88. The Kier molecular flexibility index (Phi) is 4.05. The van der Waals surface area contributed by atoms with Crippen molar-refractivity contribution in [2.45, 2.75) is 19.6 Å². The van der Waals surface area contributed by atoms with Crippen LogP contribution in [0.3, 0.4) is 0 Å². The third kappa shape index (κ3) is 3.35. The molecule has 2 nitrogen and oxygen atoms in total. The maximum absolute atomic E-state index is 12.6. The van der Waals surface area contributed by atoms with Crippen LogP contribution in [-0.4, -0.2) is 13.1 Å². The molecule has 0 radical (unpaired) electrons. The van der Waals surface area contributed by atoms with E-state index >= 15 is 0 Å². The normalized spacial score (nSPS) is 12.1. The number of aromatic amines is 1. The van der Waals surface area contributed by atoms with Gasteiger partial charge in [-0.1, -0.05) is 80.3 Å². The van der Waals surface area contributed by atoms with Gasteiger partial charge in [-0.05, 0) is 22.6 Å². The van der Waals surface area contributed by atoms with E-state index in [4.69, 9.17) is 0 Å². The first-order valence-electron chi connectivity index (χ1n) is 7.85. The van der Waals surface area contributed by atoms with Gasteiger partial charge in [0, 0.05) is 5.32 Å². The van der Waals surface area contributed by atoms with E-state index in [-0.39, 0.29) is 5.56 Å². The van der Waals surface area contributed by atoms with Gasteiger partial charge in [0.2, 0.25) is 0 Å². The summed E-state index contributed by atoms with van der Waals surface area (Å²) in [5.74, 6) is 0. The van der Waals surface area contributed by atoms with Crippen molar-refractivity contribution in [1.29, 1.82) is 0 Å². The van der Waals surface area contributed by atoms with E-state index in [0.717, 1.165) is 27.2 Å². The van der Waals surface area contributed by atoms with Crippen molar-refractivity contribution in [3.05, 3.63) is 76.1 Å². The molecule has 3 rings (SSSR count). The number of pyridine rings is 1. The number of nitrogens with one attached hydrogen (secondary N) is 1. The standard InChI is InChI=1S/C20H21NOSi/c1-23(2,3)18-14-17-11-7-10-16(19(17)20(22)21-18)13-12-15-8-5-4-6-9-15/h4-14H,1-3H3,(H,21,22)/b13-12+. The highest BCUT2D eigenvalue weighted by atomic mass is 28.3. The molecule has 1 N–H and O–H groups in total. The zero-order chi connectivity index (χ0) is 16.4. The predicted molar refractivity (Wildman–Crippen MR) is 103 cm³/mol. The predicted octanol–water partition coefficient (Wildman–Crippen LogP) is 4.24. The molecule has 1 aromatic heterocycles. The molecular weight excluding hydrogens is 298 g/mol. The van der Waals surface area contributed by atoms with Crippen LogP contribution < -0.4 is 10.9 Å². The van der Waals surface area contributed by atoms with Gasteiger partial charge >= 0.3 is 0 Å². The van der Waals surface area contributed by atoms with Crippen LogP contribution in [0.4, 0.5) is 0 Å². The van der Waals surface area contributed by atoms with E-state index in [9.17, 15) is 4.79 Å². The van der Waals surface area contributed by atoms with Crippen molar-refractivity contribution in [3.8, 4) is 0 Å². The molecule has 0 fully saturated rings. The molecule has 0 unspecified atom stereocenters. The minimum atomic E-state index is -1.54. The number of fused-ring (bicyclic) bond motifs is 1. The van der Waals surface area contributed by atoms with Crippen LogP contribution in [0, 0.1) is 0 Å². The summed E-state index contributed by atoms with van der Waals surface area (Å²) in [6.07, 6.45) is 4.06. The fourth-order valence-corrected chi connectivity index (χ4v) is 3.72. The summed E-state index contributed by atoms with van der Waals surface area (Å²) in [4.78, 5) is 15.7. The molecule has 0 amide bonds. The van der Waals surface area contributed by atoms with Crippen LogP contribution in [0.15, 0.2) is 59.4 Å². The molecule has 3 heteroatoms. The Labute approximate surface area is 137 Å². The van der Waals surface area contributed by atoms with Gasteiger partial charge in [0.25, 0.3) is 5.56 Å². The Balaban J connectivity index is 2.13. The molecule has 1 heterocycles.